The van der Waals surface area contributed by atoms with Gasteiger partial charge < -0.3 is 10.0 Å². The minimum atomic E-state index is -1.01. The lowest BCUT2D eigenvalue weighted by Crippen LogP contribution is -2.32. The number of rotatable bonds is 6. The Balaban J connectivity index is 1.91. The van der Waals surface area contributed by atoms with Crippen LogP contribution in [0.4, 0.5) is 0 Å². The fourth-order valence-electron chi connectivity index (χ4n) is 1.94. The lowest BCUT2D eigenvalue weighted by Gasteiger charge is -2.13. The van der Waals surface area contributed by atoms with Gasteiger partial charge >= 0.3 is 5.97 Å². The van der Waals surface area contributed by atoms with Crippen molar-refractivity contribution < 1.29 is 14.7 Å². The highest BCUT2D eigenvalue weighted by atomic mass is 16.4. The van der Waals surface area contributed by atoms with Crippen molar-refractivity contribution in [2.45, 2.75) is 12.8 Å². The molecule has 0 aliphatic rings. The third kappa shape index (κ3) is 4.17. The van der Waals surface area contributed by atoms with E-state index in [9.17, 15) is 9.59 Å². The van der Waals surface area contributed by atoms with Gasteiger partial charge in [-0.25, -0.2) is 4.68 Å². The molecule has 0 saturated carbocycles. The number of hydrogen-bond donors (Lipinski definition) is 1. The number of carboxylic acids is 1. The van der Waals surface area contributed by atoms with Crippen molar-refractivity contribution in [1.82, 2.24) is 14.7 Å². The molecule has 0 aliphatic heterocycles. The predicted octanol–water partition coefficient (Wildman–Crippen LogP) is 1.35. The quantitative estimate of drug-likeness (QED) is 0.870. The first-order valence-electron chi connectivity index (χ1n) is 6.61. The zero-order valence-electron chi connectivity index (χ0n) is 11.8. The summed E-state index contributed by atoms with van der Waals surface area (Å²) in [5, 5.41) is 12.9. The molecule has 0 bridgehead atoms. The van der Waals surface area contributed by atoms with Crippen LogP contribution < -0.4 is 0 Å². The molecule has 2 rings (SSSR count). The molecule has 1 N–H and O–H groups in total. The first-order valence-corrected chi connectivity index (χ1v) is 6.61. The fraction of sp³-hybridized carbons (Fsp3) is 0.267. The van der Waals surface area contributed by atoms with E-state index in [0.29, 0.717) is 6.42 Å². The Hall–Kier alpha value is -2.63. The number of amides is 1. The van der Waals surface area contributed by atoms with E-state index in [1.165, 1.54) is 11.9 Å². The minimum Gasteiger partial charge on any atom is -0.480 e. The highest BCUT2D eigenvalue weighted by Crippen LogP contribution is 2.09. The molecule has 2 aromatic rings. The van der Waals surface area contributed by atoms with Crippen LogP contribution in [0.5, 0.6) is 0 Å². The number of aliphatic carboxylic acids is 1. The summed E-state index contributed by atoms with van der Waals surface area (Å²) in [4.78, 5) is 23.5. The third-order valence-corrected chi connectivity index (χ3v) is 3.08. The minimum absolute atomic E-state index is 0.190. The Labute approximate surface area is 122 Å². The molecule has 6 heteroatoms. The standard InChI is InChI=1S/C15H17N3O3/c1-17(11-15(20)21)14(19)8-7-12-9-16-18(10-12)13-5-3-2-4-6-13/h2-6,9-10H,7-8,11H2,1H3,(H,20,21). The highest BCUT2D eigenvalue weighted by molar-refractivity contribution is 5.81. The summed E-state index contributed by atoms with van der Waals surface area (Å²) in [6, 6.07) is 9.69. The maximum absolute atomic E-state index is 11.8. The lowest BCUT2D eigenvalue weighted by atomic mass is 10.2. The molecule has 6 nitrogen and oxygen atoms in total. The number of carbonyl (C=O) groups is 2. The van der Waals surface area contributed by atoms with Crippen LogP contribution in [0, 0.1) is 0 Å². The third-order valence-electron chi connectivity index (χ3n) is 3.08. The van der Waals surface area contributed by atoms with E-state index in [2.05, 4.69) is 5.10 Å². The Bertz CT molecular complexity index is 622. The number of carbonyl (C=O) groups excluding carboxylic acids is 1. The molecule has 0 saturated heterocycles. The molecule has 1 amide bonds. The normalized spacial score (nSPS) is 10.3. The molecular formula is C15H17N3O3. The molecule has 0 aliphatic carbocycles. The Kier molecular flexibility index (Phi) is 4.71. The molecule has 1 heterocycles. The molecule has 1 aromatic heterocycles. The molecule has 110 valence electrons. The number of nitrogens with zero attached hydrogens (tertiary/aromatic N) is 3. The van der Waals surface area contributed by atoms with E-state index in [0.717, 1.165) is 11.3 Å². The van der Waals surface area contributed by atoms with Gasteiger partial charge in [-0.15, -0.1) is 0 Å². The van der Waals surface area contributed by atoms with Crippen LogP contribution in [-0.2, 0) is 16.0 Å². The van der Waals surface area contributed by atoms with E-state index < -0.39 is 5.97 Å². The van der Waals surface area contributed by atoms with Crippen LogP contribution >= 0.6 is 0 Å². The summed E-state index contributed by atoms with van der Waals surface area (Å²) in [5.41, 5.74) is 1.90. The van der Waals surface area contributed by atoms with E-state index in [1.54, 1.807) is 10.9 Å². The molecular weight excluding hydrogens is 270 g/mol. The summed E-state index contributed by atoms with van der Waals surface area (Å²) in [6.45, 7) is -0.276. The van der Waals surface area contributed by atoms with Crippen molar-refractivity contribution in [3.8, 4) is 5.69 Å². The van der Waals surface area contributed by atoms with Crippen LogP contribution in [0.2, 0.25) is 0 Å². The van der Waals surface area contributed by atoms with Gasteiger partial charge in [0.2, 0.25) is 5.91 Å². The summed E-state index contributed by atoms with van der Waals surface area (Å²) in [7, 11) is 1.49. The van der Waals surface area contributed by atoms with Crippen molar-refractivity contribution in [2.24, 2.45) is 0 Å². The van der Waals surface area contributed by atoms with E-state index in [-0.39, 0.29) is 18.9 Å². The van der Waals surface area contributed by atoms with E-state index >= 15 is 0 Å². The predicted molar refractivity (Wildman–Crippen MR) is 77.2 cm³/mol. The van der Waals surface area contributed by atoms with Crippen LogP contribution in [0.3, 0.4) is 0 Å². The zero-order valence-corrected chi connectivity index (χ0v) is 11.8. The van der Waals surface area contributed by atoms with Crippen molar-refractivity contribution >= 4 is 11.9 Å². The SMILES string of the molecule is CN(CC(=O)O)C(=O)CCc1cnn(-c2ccccc2)c1. The van der Waals surface area contributed by atoms with Crippen molar-refractivity contribution in [1.29, 1.82) is 0 Å². The average molecular weight is 287 g/mol. The number of likely N-dealkylation sites (N-methyl/N-ethyl adjacent to an activating group) is 1. The Morgan fingerprint density at radius 2 is 2.00 bits per heavy atom. The summed E-state index contributed by atoms with van der Waals surface area (Å²) >= 11 is 0. The largest absolute Gasteiger partial charge is 0.480 e. The smallest absolute Gasteiger partial charge is 0.323 e. The highest BCUT2D eigenvalue weighted by Gasteiger charge is 2.12. The Morgan fingerprint density at radius 3 is 2.67 bits per heavy atom. The van der Waals surface area contributed by atoms with Gasteiger partial charge in [-0.3, -0.25) is 9.59 Å². The van der Waals surface area contributed by atoms with Crippen molar-refractivity contribution in [3.63, 3.8) is 0 Å². The molecule has 0 fully saturated rings. The van der Waals surface area contributed by atoms with Gasteiger partial charge in [0.15, 0.2) is 0 Å². The van der Waals surface area contributed by atoms with Gasteiger partial charge in [0.05, 0.1) is 11.9 Å². The van der Waals surface area contributed by atoms with Crippen LogP contribution in [0.15, 0.2) is 42.7 Å². The van der Waals surface area contributed by atoms with Crippen molar-refractivity contribution in [3.05, 3.63) is 48.3 Å². The second-order valence-corrected chi connectivity index (χ2v) is 4.77. The fourth-order valence-corrected chi connectivity index (χ4v) is 1.94. The van der Waals surface area contributed by atoms with Gasteiger partial charge in [0.1, 0.15) is 6.54 Å². The first kappa shape index (κ1) is 14.8. The first-order chi connectivity index (χ1) is 10.1. The second-order valence-electron chi connectivity index (χ2n) is 4.77. The van der Waals surface area contributed by atoms with Gasteiger partial charge in [0, 0.05) is 19.7 Å². The Morgan fingerprint density at radius 1 is 1.29 bits per heavy atom. The van der Waals surface area contributed by atoms with Gasteiger partial charge in [-0.2, -0.15) is 5.10 Å². The number of aryl methyl sites for hydroxylation is 1. The van der Waals surface area contributed by atoms with Crippen LogP contribution in [-0.4, -0.2) is 45.3 Å². The number of hydrogen-bond acceptors (Lipinski definition) is 3. The average Bonchev–Trinajstić information content (AvgIpc) is 2.94. The van der Waals surface area contributed by atoms with Crippen LogP contribution in [0.1, 0.15) is 12.0 Å². The summed E-state index contributed by atoms with van der Waals surface area (Å²) in [5.74, 6) is -1.20. The number of para-hydroxylation sites is 1. The maximum atomic E-state index is 11.8. The summed E-state index contributed by atoms with van der Waals surface area (Å²) in [6.07, 6.45) is 4.40. The summed E-state index contributed by atoms with van der Waals surface area (Å²) < 4.78 is 1.75. The lowest BCUT2D eigenvalue weighted by molar-refractivity contribution is -0.143. The van der Waals surface area contributed by atoms with Crippen LogP contribution in [0.25, 0.3) is 5.69 Å². The molecule has 0 atom stereocenters. The second kappa shape index (κ2) is 6.69. The number of carboxylic acid groups (broad SMARTS) is 1. The maximum Gasteiger partial charge on any atom is 0.323 e. The number of benzene rings is 1. The zero-order chi connectivity index (χ0) is 15.2. The van der Waals surface area contributed by atoms with E-state index in [1.807, 2.05) is 36.5 Å². The van der Waals surface area contributed by atoms with Crippen molar-refractivity contribution in [2.75, 3.05) is 13.6 Å². The van der Waals surface area contributed by atoms with Gasteiger partial charge in [0.25, 0.3) is 0 Å². The van der Waals surface area contributed by atoms with Gasteiger partial charge in [-0.1, -0.05) is 18.2 Å². The molecule has 1 aromatic carbocycles. The monoisotopic (exact) mass is 287 g/mol. The topological polar surface area (TPSA) is 75.4 Å². The molecule has 21 heavy (non-hydrogen) atoms. The van der Waals surface area contributed by atoms with E-state index in [4.69, 9.17) is 5.11 Å². The molecule has 0 radical (unpaired) electrons. The molecule has 0 spiro atoms. The van der Waals surface area contributed by atoms with Gasteiger partial charge in [-0.05, 0) is 24.1 Å². The number of aromatic nitrogens is 2. The molecule has 0 unspecified atom stereocenters.